The fourth-order valence-electron chi connectivity index (χ4n) is 3.96. The van der Waals surface area contributed by atoms with Gasteiger partial charge in [-0.25, -0.2) is 0 Å². The number of phenols is 2. The predicted molar refractivity (Wildman–Crippen MR) is 134 cm³/mol. The number of carbonyl (C=O) groups is 1. The Balaban J connectivity index is 0.00000512. The van der Waals surface area contributed by atoms with Gasteiger partial charge in [-0.15, -0.1) is 12.4 Å². The number of likely N-dealkylation sites (N-methyl/N-ethyl adjacent to an activating group) is 1. The third-order valence-corrected chi connectivity index (χ3v) is 5.99. The summed E-state index contributed by atoms with van der Waals surface area (Å²) in [6, 6.07) is 12.3. The Morgan fingerprint density at radius 1 is 1.00 bits per heavy atom. The lowest BCUT2D eigenvalue weighted by atomic mass is 9.84. The Morgan fingerprint density at radius 3 is 2.12 bits per heavy atom. The first-order chi connectivity index (χ1) is 14.7. The van der Waals surface area contributed by atoms with Gasteiger partial charge in [0.05, 0.1) is 18.2 Å². The molecule has 0 aromatic heterocycles. The number of rotatable bonds is 11. The van der Waals surface area contributed by atoms with Gasteiger partial charge in [0.25, 0.3) is 0 Å². The molecule has 2 aromatic rings. The number of amides is 1. The highest BCUT2D eigenvalue weighted by molar-refractivity contribution is 5.85. The fourth-order valence-corrected chi connectivity index (χ4v) is 3.96. The zero-order valence-corrected chi connectivity index (χ0v) is 20.8. The summed E-state index contributed by atoms with van der Waals surface area (Å²) in [5, 5.41) is 24.8. The Morgan fingerprint density at radius 2 is 1.59 bits per heavy atom. The number of nitrogens with one attached hydrogen (secondary N) is 1. The molecule has 0 saturated carbocycles. The maximum Gasteiger partial charge on any atom is 0.234 e. The molecule has 0 saturated heterocycles. The summed E-state index contributed by atoms with van der Waals surface area (Å²) in [7, 11) is 3.65. The Bertz CT molecular complexity index is 819. The highest BCUT2D eigenvalue weighted by Crippen LogP contribution is 2.40. The summed E-state index contributed by atoms with van der Waals surface area (Å²) < 4.78 is 0. The van der Waals surface area contributed by atoms with Crippen LogP contribution in [-0.4, -0.2) is 41.7 Å². The van der Waals surface area contributed by atoms with Crippen LogP contribution in [0.15, 0.2) is 42.5 Å². The largest absolute Gasteiger partial charge is 0.507 e. The minimum atomic E-state index is -0.639. The molecule has 0 aliphatic rings. The van der Waals surface area contributed by atoms with E-state index in [4.69, 9.17) is 0 Å². The van der Waals surface area contributed by atoms with Crippen LogP contribution in [0.1, 0.15) is 75.1 Å². The van der Waals surface area contributed by atoms with Crippen LogP contribution in [0.4, 0.5) is 0 Å². The molecule has 3 N–H and O–H groups in total. The summed E-state index contributed by atoms with van der Waals surface area (Å²) in [6.45, 7) is 6.77. The lowest BCUT2D eigenvalue weighted by molar-refractivity contribution is -0.122. The summed E-state index contributed by atoms with van der Waals surface area (Å²) in [4.78, 5) is 14.3. The van der Waals surface area contributed by atoms with E-state index in [1.807, 2.05) is 44.4 Å². The molecular weight excluding hydrogens is 424 g/mol. The van der Waals surface area contributed by atoms with Gasteiger partial charge < -0.3 is 20.4 Å². The van der Waals surface area contributed by atoms with Gasteiger partial charge in [0.15, 0.2) is 0 Å². The number of halogens is 1. The van der Waals surface area contributed by atoms with Gasteiger partial charge in [0, 0.05) is 0 Å². The summed E-state index contributed by atoms with van der Waals surface area (Å²) in [5.74, 6) is 0.477. The van der Waals surface area contributed by atoms with Crippen molar-refractivity contribution in [3.8, 4) is 11.5 Å². The number of benzene rings is 2. The molecule has 1 amide bonds. The van der Waals surface area contributed by atoms with Crippen molar-refractivity contribution >= 4 is 18.3 Å². The Hall–Kier alpha value is -2.24. The van der Waals surface area contributed by atoms with E-state index in [2.05, 4.69) is 26.1 Å². The molecule has 2 aromatic carbocycles. The van der Waals surface area contributed by atoms with E-state index in [0.29, 0.717) is 11.5 Å². The molecular formula is C26H39ClN2O3. The monoisotopic (exact) mass is 462 g/mol. The van der Waals surface area contributed by atoms with E-state index in [1.54, 1.807) is 17.0 Å². The van der Waals surface area contributed by atoms with Gasteiger partial charge in [0.1, 0.15) is 11.5 Å². The number of phenolic OH excluding ortho intramolecular Hbond substituents is 2. The van der Waals surface area contributed by atoms with E-state index in [1.165, 1.54) is 19.3 Å². The van der Waals surface area contributed by atoms with Crippen LogP contribution < -0.4 is 5.32 Å². The van der Waals surface area contributed by atoms with E-state index < -0.39 is 6.04 Å². The minimum absolute atomic E-state index is 0. The molecule has 5 nitrogen and oxygen atoms in total. The van der Waals surface area contributed by atoms with Crippen molar-refractivity contribution in [3.63, 3.8) is 0 Å². The number of hydrogen-bond acceptors (Lipinski definition) is 4. The second kappa shape index (κ2) is 13.3. The van der Waals surface area contributed by atoms with Crippen LogP contribution in [0.25, 0.3) is 0 Å². The molecule has 0 spiro atoms. The van der Waals surface area contributed by atoms with Crippen molar-refractivity contribution in [2.24, 2.45) is 5.92 Å². The molecule has 0 fully saturated rings. The average Bonchev–Trinajstić information content (AvgIpc) is 2.72. The van der Waals surface area contributed by atoms with Crippen molar-refractivity contribution in [3.05, 3.63) is 59.2 Å². The lowest BCUT2D eigenvalue weighted by Gasteiger charge is -2.25. The summed E-state index contributed by atoms with van der Waals surface area (Å²) in [5.41, 5.74) is 2.04. The van der Waals surface area contributed by atoms with Crippen LogP contribution in [0.2, 0.25) is 0 Å². The standard InChI is InChI=1S/C26H38N2O3.ClH/c1-6-7-9-12-18(2)19(3)21-15-22(29)25(23(30)16-21)26(20-13-10-8-11-14-20)27-24(31)17-28(4)5;/h8,10-11,13-16,18-19,26,29-30H,6-7,9,12,17H2,1-5H3,(H,27,31);1H. The number of carbonyl (C=O) groups excluding carboxylic acids is 1. The molecule has 0 heterocycles. The summed E-state index contributed by atoms with van der Waals surface area (Å²) >= 11 is 0. The van der Waals surface area contributed by atoms with Crippen LogP contribution in [0.5, 0.6) is 11.5 Å². The predicted octanol–water partition coefficient (Wildman–Crippen LogP) is 5.61. The van der Waals surface area contributed by atoms with Crippen LogP contribution >= 0.6 is 12.4 Å². The SMILES string of the molecule is CCCCCC(C)C(C)c1cc(O)c(C(NC(=O)CN(C)C)c2ccccc2)c(O)c1.Cl. The van der Waals surface area contributed by atoms with E-state index >= 15 is 0 Å². The normalized spacial score (nSPS) is 13.8. The van der Waals surface area contributed by atoms with Crippen LogP contribution in [-0.2, 0) is 4.79 Å². The second-order valence-corrected chi connectivity index (χ2v) is 8.88. The minimum Gasteiger partial charge on any atom is -0.507 e. The molecule has 0 radical (unpaired) electrons. The number of aromatic hydroxyl groups is 2. The van der Waals surface area contributed by atoms with E-state index in [0.717, 1.165) is 17.5 Å². The van der Waals surface area contributed by atoms with Crippen molar-refractivity contribution in [1.29, 1.82) is 0 Å². The van der Waals surface area contributed by atoms with Crippen LogP contribution in [0.3, 0.4) is 0 Å². The third-order valence-electron chi connectivity index (χ3n) is 5.99. The molecule has 3 unspecified atom stereocenters. The van der Waals surface area contributed by atoms with Gasteiger partial charge in [0.2, 0.25) is 5.91 Å². The van der Waals surface area contributed by atoms with E-state index in [-0.39, 0.29) is 42.3 Å². The first kappa shape index (κ1) is 27.8. The van der Waals surface area contributed by atoms with Crippen molar-refractivity contribution in [2.75, 3.05) is 20.6 Å². The molecule has 2 rings (SSSR count). The third kappa shape index (κ3) is 7.72. The number of nitrogens with zero attached hydrogens (tertiary/aromatic N) is 1. The number of unbranched alkanes of at least 4 members (excludes halogenated alkanes) is 2. The van der Waals surface area contributed by atoms with E-state index in [9.17, 15) is 15.0 Å². The van der Waals surface area contributed by atoms with Gasteiger partial charge in [-0.3, -0.25) is 4.79 Å². The maximum absolute atomic E-state index is 12.5. The molecule has 0 aliphatic heterocycles. The smallest absolute Gasteiger partial charge is 0.234 e. The van der Waals surface area contributed by atoms with Gasteiger partial charge in [-0.05, 0) is 49.2 Å². The summed E-state index contributed by atoms with van der Waals surface area (Å²) in [6.07, 6.45) is 4.72. The lowest BCUT2D eigenvalue weighted by Crippen LogP contribution is -2.36. The van der Waals surface area contributed by atoms with Crippen molar-refractivity contribution in [2.45, 2.75) is 58.4 Å². The molecule has 0 aliphatic carbocycles. The maximum atomic E-state index is 12.5. The van der Waals surface area contributed by atoms with Crippen molar-refractivity contribution in [1.82, 2.24) is 10.2 Å². The topological polar surface area (TPSA) is 72.8 Å². The quantitative estimate of drug-likeness (QED) is 0.379. The molecule has 6 heteroatoms. The number of hydrogen-bond donors (Lipinski definition) is 3. The molecule has 178 valence electrons. The fraction of sp³-hybridized carbons (Fsp3) is 0.500. The Labute approximate surface area is 199 Å². The first-order valence-electron chi connectivity index (χ1n) is 11.3. The molecule has 32 heavy (non-hydrogen) atoms. The van der Waals surface area contributed by atoms with Crippen LogP contribution in [0, 0.1) is 5.92 Å². The highest BCUT2D eigenvalue weighted by atomic mass is 35.5. The first-order valence-corrected chi connectivity index (χ1v) is 11.3. The highest BCUT2D eigenvalue weighted by Gasteiger charge is 2.26. The van der Waals surface area contributed by atoms with Gasteiger partial charge in [-0.2, -0.15) is 0 Å². The zero-order chi connectivity index (χ0) is 23.0. The van der Waals surface area contributed by atoms with Gasteiger partial charge in [-0.1, -0.05) is 76.8 Å². The molecule has 3 atom stereocenters. The van der Waals surface area contributed by atoms with Crippen molar-refractivity contribution < 1.29 is 15.0 Å². The average molecular weight is 463 g/mol. The van der Waals surface area contributed by atoms with Gasteiger partial charge >= 0.3 is 0 Å². The second-order valence-electron chi connectivity index (χ2n) is 8.88. The zero-order valence-electron chi connectivity index (χ0n) is 20.0. The Kier molecular flexibility index (Phi) is 11.6. The molecule has 0 bridgehead atoms.